The van der Waals surface area contributed by atoms with E-state index in [9.17, 15) is 0 Å². The predicted octanol–water partition coefficient (Wildman–Crippen LogP) is 5.12. The Hall–Kier alpha value is -2.33. The quantitative estimate of drug-likeness (QED) is 0.563. The van der Waals surface area contributed by atoms with Crippen molar-refractivity contribution >= 4 is 5.84 Å². The predicted molar refractivity (Wildman–Crippen MR) is 117 cm³/mol. The van der Waals surface area contributed by atoms with Crippen LogP contribution < -0.4 is 10.1 Å². The third-order valence-corrected chi connectivity index (χ3v) is 7.16. The average Bonchev–Trinajstić information content (AvgIpc) is 3.09. The van der Waals surface area contributed by atoms with Gasteiger partial charge in [-0.05, 0) is 57.6 Å². The second kappa shape index (κ2) is 7.49. The van der Waals surface area contributed by atoms with Gasteiger partial charge in [0, 0.05) is 47.8 Å². The first-order chi connectivity index (χ1) is 14.2. The first-order valence-electron chi connectivity index (χ1n) is 11.2. The van der Waals surface area contributed by atoms with E-state index in [0.717, 1.165) is 30.2 Å². The highest BCUT2D eigenvalue weighted by atomic mass is 16.5. The molecule has 4 heteroatoms. The number of fused-ring (bicyclic) bond motifs is 4. The molecule has 29 heavy (non-hydrogen) atoms. The minimum Gasteiger partial charge on any atom is -0.457 e. The molecule has 3 heterocycles. The van der Waals surface area contributed by atoms with Crippen molar-refractivity contribution in [2.24, 2.45) is 5.92 Å². The topological polar surface area (TPSA) is 48.4 Å². The monoisotopic (exact) mass is 389 g/mol. The number of benzene rings is 2. The van der Waals surface area contributed by atoms with Crippen molar-refractivity contribution in [1.82, 2.24) is 10.2 Å². The van der Waals surface area contributed by atoms with E-state index in [4.69, 9.17) is 10.1 Å². The van der Waals surface area contributed by atoms with Gasteiger partial charge >= 0.3 is 0 Å². The Kier molecular flexibility index (Phi) is 4.83. The molecule has 0 saturated carbocycles. The number of amidine groups is 1. The molecule has 2 bridgehead atoms. The van der Waals surface area contributed by atoms with E-state index >= 15 is 0 Å². The van der Waals surface area contributed by atoms with Crippen LogP contribution in [0.3, 0.4) is 0 Å². The number of para-hydroxylation sites is 1. The highest BCUT2D eigenvalue weighted by Crippen LogP contribution is 2.51. The van der Waals surface area contributed by atoms with Gasteiger partial charge in [0.15, 0.2) is 0 Å². The number of nitrogens with zero attached hydrogens (tertiary/aromatic N) is 1. The lowest BCUT2D eigenvalue weighted by atomic mass is 9.73. The molecule has 0 spiro atoms. The zero-order valence-corrected chi connectivity index (χ0v) is 17.4. The average molecular weight is 390 g/mol. The first kappa shape index (κ1) is 18.7. The molecule has 0 aliphatic carbocycles. The standard InChI is InChI=1S/C25H31N3O/c1-3-28(4-2)25(26)16-9-12-21-23(15-16)29-22-8-6-5-7-20(22)24(21)17-13-18-10-11-19(14-17)27-18/h5-9,12,15,17-19,24,26-27H,3-4,10-11,13-14H2,1-2H3. The van der Waals surface area contributed by atoms with Gasteiger partial charge in [-0.25, -0.2) is 0 Å². The third kappa shape index (κ3) is 3.24. The van der Waals surface area contributed by atoms with Crippen molar-refractivity contribution in [1.29, 1.82) is 5.41 Å². The number of nitrogens with one attached hydrogen (secondary N) is 2. The second-order valence-corrected chi connectivity index (χ2v) is 8.76. The summed E-state index contributed by atoms with van der Waals surface area (Å²) in [5, 5.41) is 12.4. The van der Waals surface area contributed by atoms with E-state index in [1.165, 1.54) is 36.8 Å². The van der Waals surface area contributed by atoms with Crippen molar-refractivity contribution < 1.29 is 4.74 Å². The Labute approximate surface area is 173 Å². The summed E-state index contributed by atoms with van der Waals surface area (Å²) in [5.41, 5.74) is 3.57. The fraction of sp³-hybridized carbons (Fsp3) is 0.480. The summed E-state index contributed by atoms with van der Waals surface area (Å²) in [7, 11) is 0. The van der Waals surface area contributed by atoms with Gasteiger partial charge in [0.2, 0.25) is 0 Å². The summed E-state index contributed by atoms with van der Waals surface area (Å²) < 4.78 is 6.37. The van der Waals surface area contributed by atoms with Crippen molar-refractivity contribution in [2.45, 2.75) is 57.5 Å². The summed E-state index contributed by atoms with van der Waals surface area (Å²) in [6.07, 6.45) is 5.12. The molecule has 2 saturated heterocycles. The summed E-state index contributed by atoms with van der Waals surface area (Å²) in [6, 6.07) is 16.3. The Morgan fingerprint density at radius 1 is 1.00 bits per heavy atom. The lowest BCUT2D eigenvalue weighted by Gasteiger charge is -2.38. The van der Waals surface area contributed by atoms with Crippen LogP contribution in [-0.2, 0) is 0 Å². The largest absolute Gasteiger partial charge is 0.457 e. The van der Waals surface area contributed by atoms with Crippen molar-refractivity contribution in [2.75, 3.05) is 13.1 Å². The molecular weight excluding hydrogens is 358 g/mol. The van der Waals surface area contributed by atoms with Gasteiger partial charge < -0.3 is 15.0 Å². The molecule has 5 rings (SSSR count). The molecule has 4 nitrogen and oxygen atoms in total. The van der Waals surface area contributed by atoms with E-state index < -0.39 is 0 Å². The van der Waals surface area contributed by atoms with Gasteiger partial charge in [0.25, 0.3) is 0 Å². The zero-order valence-electron chi connectivity index (χ0n) is 17.4. The highest BCUT2D eigenvalue weighted by Gasteiger charge is 2.41. The minimum absolute atomic E-state index is 0.386. The molecule has 3 aliphatic rings. The maximum atomic E-state index is 8.62. The molecule has 0 radical (unpaired) electrons. The lowest BCUT2D eigenvalue weighted by molar-refractivity contribution is 0.267. The molecule has 2 aromatic rings. The molecule has 2 fully saturated rings. The van der Waals surface area contributed by atoms with Crippen molar-refractivity contribution in [3.63, 3.8) is 0 Å². The summed E-state index contributed by atoms with van der Waals surface area (Å²) in [5.74, 6) is 3.54. The fourth-order valence-electron chi connectivity index (χ4n) is 5.75. The number of ether oxygens (including phenoxy) is 1. The van der Waals surface area contributed by atoms with Crippen molar-refractivity contribution in [3.05, 3.63) is 59.2 Å². The van der Waals surface area contributed by atoms with Crippen LogP contribution in [0.5, 0.6) is 11.5 Å². The smallest absolute Gasteiger partial charge is 0.132 e. The van der Waals surface area contributed by atoms with Gasteiger partial charge in [0.1, 0.15) is 17.3 Å². The Morgan fingerprint density at radius 2 is 1.69 bits per heavy atom. The molecule has 2 N–H and O–H groups in total. The first-order valence-corrected chi connectivity index (χ1v) is 11.2. The SMILES string of the molecule is CCN(CC)C(=N)c1ccc2c(c1)Oc1ccccc1C2C1CC2CCC(C1)N2. The van der Waals surface area contributed by atoms with Gasteiger partial charge in [0.05, 0.1) is 0 Å². The Morgan fingerprint density at radius 3 is 2.41 bits per heavy atom. The minimum atomic E-state index is 0.386. The van der Waals surface area contributed by atoms with E-state index in [1.54, 1.807) is 0 Å². The zero-order chi connectivity index (χ0) is 20.0. The molecule has 2 aromatic carbocycles. The van der Waals surface area contributed by atoms with Crippen LogP contribution >= 0.6 is 0 Å². The lowest BCUT2D eigenvalue weighted by Crippen LogP contribution is -2.40. The molecule has 3 atom stereocenters. The molecule has 0 aromatic heterocycles. The van der Waals surface area contributed by atoms with Gasteiger partial charge in [-0.15, -0.1) is 0 Å². The van der Waals surface area contributed by atoms with Gasteiger partial charge in [-0.3, -0.25) is 5.41 Å². The van der Waals surface area contributed by atoms with E-state index in [2.05, 4.69) is 66.5 Å². The maximum Gasteiger partial charge on any atom is 0.132 e. The maximum absolute atomic E-state index is 8.62. The normalized spacial score (nSPS) is 27.0. The highest BCUT2D eigenvalue weighted by molar-refractivity contribution is 5.97. The molecule has 0 amide bonds. The van der Waals surface area contributed by atoms with E-state index in [-0.39, 0.29) is 0 Å². The third-order valence-electron chi connectivity index (χ3n) is 7.16. The molecule has 152 valence electrons. The second-order valence-electron chi connectivity index (χ2n) is 8.76. The number of hydrogen-bond acceptors (Lipinski definition) is 3. The number of rotatable bonds is 4. The fourth-order valence-corrected chi connectivity index (χ4v) is 5.75. The van der Waals surface area contributed by atoms with Crippen LogP contribution in [0.4, 0.5) is 0 Å². The Balaban J connectivity index is 1.54. The molecule has 3 aliphatic heterocycles. The van der Waals surface area contributed by atoms with Gasteiger partial charge in [-0.1, -0.05) is 30.3 Å². The van der Waals surface area contributed by atoms with Crippen LogP contribution in [0, 0.1) is 11.3 Å². The molecular formula is C25H31N3O. The van der Waals surface area contributed by atoms with Crippen LogP contribution in [0.2, 0.25) is 0 Å². The van der Waals surface area contributed by atoms with Crippen LogP contribution in [0.25, 0.3) is 0 Å². The van der Waals surface area contributed by atoms with Crippen LogP contribution in [0.15, 0.2) is 42.5 Å². The molecule has 3 unspecified atom stereocenters. The Bertz CT molecular complexity index is 908. The van der Waals surface area contributed by atoms with E-state index in [0.29, 0.717) is 29.8 Å². The summed E-state index contributed by atoms with van der Waals surface area (Å²) >= 11 is 0. The van der Waals surface area contributed by atoms with E-state index in [1.807, 2.05) is 0 Å². The van der Waals surface area contributed by atoms with Crippen LogP contribution in [-0.4, -0.2) is 35.9 Å². The number of piperidine rings is 1. The van der Waals surface area contributed by atoms with Gasteiger partial charge in [-0.2, -0.15) is 0 Å². The number of hydrogen-bond donors (Lipinski definition) is 2. The summed E-state index contributed by atoms with van der Waals surface area (Å²) in [4.78, 5) is 2.08. The van der Waals surface area contributed by atoms with Crippen molar-refractivity contribution in [3.8, 4) is 11.5 Å². The summed E-state index contributed by atoms with van der Waals surface area (Å²) in [6.45, 7) is 5.89. The van der Waals surface area contributed by atoms with Crippen LogP contribution in [0.1, 0.15) is 62.1 Å².